The first-order valence-electron chi connectivity index (χ1n) is 17.8. The molecule has 0 amide bonds. The smallest absolute Gasteiger partial charge is 0.196 e. The second kappa shape index (κ2) is 18.1. The number of phenolic OH excluding ortho intramolecular Hbond substituents is 2. The Kier molecular flexibility index (Phi) is 13.9. The van der Waals surface area contributed by atoms with Crippen molar-refractivity contribution in [2.24, 2.45) is 22.2 Å². The molecule has 2 saturated carbocycles. The van der Waals surface area contributed by atoms with Crippen LogP contribution in [0.5, 0.6) is 23.0 Å². The number of nitrogens with one attached hydrogen (secondary N) is 3. The first-order chi connectivity index (χ1) is 24.6. The number of guanidine groups is 1. The lowest BCUT2D eigenvalue weighted by atomic mass is 9.70. The number of carbonyl (C=O) groups is 1. The minimum Gasteiger partial charge on any atom is -0.504 e. The Morgan fingerprint density at radius 3 is 2.73 bits per heavy atom. The molecular weight excluding hydrogens is 689 g/mol. The number of ketones is 1. The largest absolute Gasteiger partial charge is 0.504 e. The van der Waals surface area contributed by atoms with E-state index in [1.807, 2.05) is 37.4 Å². The number of ether oxygens (including phenoxy) is 3. The average Bonchev–Trinajstić information content (AvgIpc) is 3.71. The maximum absolute atomic E-state index is 14.2. The van der Waals surface area contributed by atoms with Crippen LogP contribution in [0.25, 0.3) is 0 Å². The van der Waals surface area contributed by atoms with Gasteiger partial charge in [-0.05, 0) is 112 Å². The van der Waals surface area contributed by atoms with Crippen LogP contribution in [0, 0.1) is 17.3 Å². The number of fused-ring (bicyclic) bond motifs is 3. The molecule has 2 bridgehead atoms. The van der Waals surface area contributed by atoms with Crippen molar-refractivity contribution in [3.63, 3.8) is 0 Å². The number of methoxy groups -OCH3 is 2. The van der Waals surface area contributed by atoms with Gasteiger partial charge >= 0.3 is 0 Å². The van der Waals surface area contributed by atoms with E-state index < -0.39 is 17.3 Å². The number of phenols is 2. The number of rotatable bonds is 10. The van der Waals surface area contributed by atoms with E-state index in [1.165, 1.54) is 14.2 Å². The fourth-order valence-electron chi connectivity index (χ4n) is 8.02. The topological polar surface area (TPSA) is 154 Å². The summed E-state index contributed by atoms with van der Waals surface area (Å²) >= 11 is 0. The number of hydrogen-bond acceptors (Lipinski definition) is 11. The normalized spacial score (nSPS) is 27.9. The zero-order valence-electron chi connectivity index (χ0n) is 30.2. The fraction of sp³-hybridized carbons (Fsp3) is 0.579. The molecule has 6 N–H and O–H groups in total. The molecule has 2 aromatic rings. The van der Waals surface area contributed by atoms with Crippen LogP contribution < -0.4 is 25.4 Å². The molecule has 0 radical (unpaired) electrons. The molecule has 0 spiro atoms. The molecule has 280 valence electrons. The van der Waals surface area contributed by atoms with Crippen molar-refractivity contribution in [1.29, 1.82) is 0 Å². The van der Waals surface area contributed by atoms with Gasteiger partial charge in [0.05, 0.1) is 18.7 Å². The first-order valence-corrected chi connectivity index (χ1v) is 20.3. The van der Waals surface area contributed by atoms with Crippen molar-refractivity contribution < 1.29 is 34.3 Å². The molecule has 2 aliphatic carbocycles. The van der Waals surface area contributed by atoms with Crippen molar-refractivity contribution in [2.45, 2.75) is 76.1 Å². The summed E-state index contributed by atoms with van der Waals surface area (Å²) in [7, 11) is 10.1. The van der Waals surface area contributed by atoms with E-state index in [4.69, 9.17) is 14.2 Å². The van der Waals surface area contributed by atoms with Gasteiger partial charge in [0, 0.05) is 38.3 Å². The quantitative estimate of drug-likeness (QED) is 0.0958. The van der Waals surface area contributed by atoms with Gasteiger partial charge in [-0.25, -0.2) is 0 Å². The van der Waals surface area contributed by atoms with Crippen LogP contribution in [-0.2, 0) is 22.4 Å². The van der Waals surface area contributed by atoms with E-state index in [2.05, 4.69) is 20.9 Å². The lowest BCUT2D eigenvalue weighted by molar-refractivity contribution is -0.125. The van der Waals surface area contributed by atoms with E-state index in [0.717, 1.165) is 49.0 Å². The van der Waals surface area contributed by atoms with Crippen molar-refractivity contribution in [3.8, 4) is 23.0 Å². The Hall–Kier alpha value is -3.10. The predicted molar refractivity (Wildman–Crippen MR) is 206 cm³/mol. The Balaban J connectivity index is 1.42. The van der Waals surface area contributed by atoms with E-state index in [1.54, 1.807) is 40.8 Å². The Morgan fingerprint density at radius 2 is 1.96 bits per heavy atom. The van der Waals surface area contributed by atoms with Crippen LogP contribution >= 0.6 is 21.6 Å². The summed E-state index contributed by atoms with van der Waals surface area (Å²) in [5, 5.41) is 41.8. The van der Waals surface area contributed by atoms with Gasteiger partial charge in [0.2, 0.25) is 0 Å². The number of nitrogens with zero attached hydrogens (tertiary/aromatic N) is 1. The van der Waals surface area contributed by atoms with Crippen LogP contribution in [0.2, 0.25) is 0 Å². The summed E-state index contributed by atoms with van der Waals surface area (Å²) in [5.74, 6) is 3.37. The molecular formula is C38H54N4O7S2. The number of aliphatic hydroxyl groups is 1. The van der Waals surface area contributed by atoms with E-state index in [-0.39, 0.29) is 29.1 Å². The van der Waals surface area contributed by atoms with Crippen molar-refractivity contribution >= 4 is 39.0 Å². The Morgan fingerprint density at radius 1 is 1.12 bits per heavy atom. The van der Waals surface area contributed by atoms with Crippen LogP contribution in [0.1, 0.15) is 62.5 Å². The number of carbonyl (C=O) groups excluding carboxylic acids is 1. The summed E-state index contributed by atoms with van der Waals surface area (Å²) in [5.41, 5.74) is 1.29. The molecule has 13 heteroatoms. The van der Waals surface area contributed by atoms with Crippen LogP contribution in [0.4, 0.5) is 5.69 Å². The average molecular weight is 743 g/mol. The van der Waals surface area contributed by atoms with Crippen LogP contribution in [0.3, 0.4) is 0 Å². The second-order valence-electron chi connectivity index (χ2n) is 14.0. The highest BCUT2D eigenvalue weighted by Crippen LogP contribution is 2.50. The number of likely N-dealkylation sites (N-methyl/N-ethyl adjacent to an activating group) is 1. The SMILES string of the molecule is CN=C1NCSSC[C@@H]2CCC[C@]2(Cc2ccc(O)c(OC)c2)C(=O)/C=C/CCc2cc(c(O)c(O[C@]3(CNC)CC[C@@H](C[C@H](O)OC)C3)c2)N1. The third-order valence-electron chi connectivity index (χ3n) is 10.6. The predicted octanol–water partition coefficient (Wildman–Crippen LogP) is 6.03. The van der Waals surface area contributed by atoms with Gasteiger partial charge in [0.15, 0.2) is 41.0 Å². The lowest BCUT2D eigenvalue weighted by Gasteiger charge is -2.33. The third kappa shape index (κ3) is 9.67. The van der Waals surface area contributed by atoms with Crippen LogP contribution in [-0.4, -0.2) is 85.4 Å². The number of allylic oxidation sites excluding steroid dienone is 2. The maximum atomic E-state index is 14.2. The summed E-state index contributed by atoms with van der Waals surface area (Å²) in [4.78, 5) is 18.7. The van der Waals surface area contributed by atoms with Gasteiger partial charge in [-0.1, -0.05) is 40.2 Å². The van der Waals surface area contributed by atoms with Gasteiger partial charge in [0.1, 0.15) is 5.60 Å². The fourth-order valence-corrected chi connectivity index (χ4v) is 10.3. The zero-order chi connectivity index (χ0) is 36.4. The first kappa shape index (κ1) is 39.1. The molecule has 5 atom stereocenters. The van der Waals surface area contributed by atoms with Gasteiger partial charge in [-0.15, -0.1) is 0 Å². The molecule has 11 nitrogen and oxygen atoms in total. The zero-order valence-corrected chi connectivity index (χ0v) is 31.8. The number of aliphatic imine (C=N–C) groups is 1. The lowest BCUT2D eigenvalue weighted by Crippen LogP contribution is -2.43. The summed E-state index contributed by atoms with van der Waals surface area (Å²) in [6.45, 7) is 0.585. The summed E-state index contributed by atoms with van der Waals surface area (Å²) < 4.78 is 17.3. The highest BCUT2D eigenvalue weighted by molar-refractivity contribution is 8.76. The van der Waals surface area contributed by atoms with Gasteiger partial charge < -0.3 is 45.5 Å². The van der Waals surface area contributed by atoms with Crippen LogP contribution in [0.15, 0.2) is 47.5 Å². The van der Waals surface area contributed by atoms with E-state index in [0.29, 0.717) is 67.7 Å². The number of aryl methyl sites for hydroxylation is 1. The highest BCUT2D eigenvalue weighted by Gasteiger charge is 2.47. The molecule has 0 aromatic heterocycles. The number of benzene rings is 2. The molecule has 3 aliphatic rings. The van der Waals surface area contributed by atoms with E-state index in [9.17, 15) is 20.1 Å². The van der Waals surface area contributed by atoms with Gasteiger partial charge in [-0.3, -0.25) is 9.79 Å². The molecule has 1 heterocycles. The van der Waals surface area contributed by atoms with Crippen molar-refractivity contribution in [3.05, 3.63) is 53.6 Å². The maximum Gasteiger partial charge on any atom is 0.196 e. The third-order valence-corrected chi connectivity index (χ3v) is 12.9. The highest BCUT2D eigenvalue weighted by atomic mass is 33.1. The Labute approximate surface area is 309 Å². The molecule has 2 fully saturated rings. The van der Waals surface area contributed by atoms with Crippen molar-refractivity contribution in [2.75, 3.05) is 51.8 Å². The molecule has 51 heavy (non-hydrogen) atoms. The standard InChI is InChI=1S/C38H54N4O7S2/c1-39-23-37(15-13-27(20-37)19-34(45)48-4)49-32-17-25-8-5-6-10-33(44)38(21-26-11-12-30(43)31(18-26)47-3)14-7-9-28(38)22-50-51-24-41-36(40-2)42-29(16-25)35(32)46/h6,10-12,16-18,27-28,34,39,43,45-46H,5,7-9,13-15,19-24H2,1-4H3,(H2,40,41,42)/b10-6+/t27-,28-,34+,37+,38+/m0/s1. The van der Waals surface area contributed by atoms with Gasteiger partial charge in [0.25, 0.3) is 0 Å². The number of hydrogen-bond donors (Lipinski definition) is 6. The molecule has 0 saturated heterocycles. The minimum atomic E-state index is -0.820. The molecule has 1 aliphatic heterocycles. The van der Waals surface area contributed by atoms with Gasteiger partial charge in [-0.2, -0.15) is 0 Å². The number of aliphatic hydroxyl groups excluding tert-OH is 1. The molecule has 2 aromatic carbocycles. The minimum absolute atomic E-state index is 0.00356. The summed E-state index contributed by atoms with van der Waals surface area (Å²) in [6, 6.07) is 9.19. The number of anilines is 1. The second-order valence-corrected chi connectivity index (χ2v) is 16.5. The molecule has 0 unspecified atom stereocenters. The molecule has 5 rings (SSSR count). The monoisotopic (exact) mass is 742 g/mol. The van der Waals surface area contributed by atoms with Crippen molar-refractivity contribution in [1.82, 2.24) is 10.6 Å². The summed E-state index contributed by atoms with van der Waals surface area (Å²) in [6.07, 6.45) is 10.4. The number of aromatic hydroxyl groups is 2. The Bertz CT molecular complexity index is 1560. The van der Waals surface area contributed by atoms with E-state index >= 15 is 0 Å².